The predicted octanol–water partition coefficient (Wildman–Crippen LogP) is 1.79. The Kier molecular flexibility index (Phi) is 4.69. The van der Waals surface area contributed by atoms with Crippen molar-refractivity contribution in [3.05, 3.63) is 11.6 Å². The van der Waals surface area contributed by atoms with E-state index in [1.54, 1.807) is 0 Å². The molecule has 3 heteroatoms. The van der Waals surface area contributed by atoms with Gasteiger partial charge in [-0.1, -0.05) is 13.3 Å². The van der Waals surface area contributed by atoms with Gasteiger partial charge in [0.2, 0.25) is 0 Å². The van der Waals surface area contributed by atoms with Gasteiger partial charge in [0, 0.05) is 12.8 Å². The lowest BCUT2D eigenvalue weighted by molar-refractivity contribution is -0.125. The summed E-state index contributed by atoms with van der Waals surface area (Å²) in [5, 5.41) is 9.54. The maximum absolute atomic E-state index is 11.7. The summed E-state index contributed by atoms with van der Waals surface area (Å²) in [6.45, 7) is 1.98. The molecule has 0 aromatic carbocycles. The van der Waals surface area contributed by atoms with E-state index < -0.39 is 6.10 Å². The van der Waals surface area contributed by atoms with Crippen molar-refractivity contribution in [3.8, 4) is 0 Å². The van der Waals surface area contributed by atoms with E-state index >= 15 is 0 Å². The molecule has 1 atom stereocenters. The summed E-state index contributed by atoms with van der Waals surface area (Å²) >= 11 is 0. The van der Waals surface area contributed by atoms with Crippen LogP contribution in [0.1, 0.15) is 45.4 Å². The van der Waals surface area contributed by atoms with Crippen molar-refractivity contribution in [3.63, 3.8) is 0 Å². The number of ketones is 2. The Labute approximate surface area is 90.2 Å². The molecule has 1 N–H and O–H groups in total. The summed E-state index contributed by atoms with van der Waals surface area (Å²) < 4.78 is 0. The highest BCUT2D eigenvalue weighted by atomic mass is 16.3. The first kappa shape index (κ1) is 12.1. The van der Waals surface area contributed by atoms with Gasteiger partial charge in [-0.15, -0.1) is 0 Å². The minimum atomic E-state index is -1.08. The lowest BCUT2D eigenvalue weighted by Crippen LogP contribution is -2.18. The smallest absolute Gasteiger partial charge is 0.165 e. The number of allylic oxidation sites excluding steroid dienone is 1. The van der Waals surface area contributed by atoms with E-state index in [4.69, 9.17) is 0 Å². The number of Topliss-reactive ketones (excluding diaryl/α,β-unsaturated/α-hetero) is 2. The Morgan fingerprint density at radius 1 is 1.33 bits per heavy atom. The molecule has 0 saturated heterocycles. The summed E-state index contributed by atoms with van der Waals surface area (Å²) in [7, 11) is 0. The number of rotatable bonds is 2. The Morgan fingerprint density at radius 2 is 2.00 bits per heavy atom. The van der Waals surface area contributed by atoms with Crippen LogP contribution in [0.25, 0.3) is 0 Å². The maximum Gasteiger partial charge on any atom is 0.165 e. The van der Waals surface area contributed by atoms with Gasteiger partial charge in [-0.25, -0.2) is 0 Å². The van der Waals surface area contributed by atoms with Gasteiger partial charge >= 0.3 is 0 Å². The predicted molar refractivity (Wildman–Crippen MR) is 57.5 cm³/mol. The maximum atomic E-state index is 11.7. The van der Waals surface area contributed by atoms with E-state index in [1.165, 1.54) is 6.08 Å². The quantitative estimate of drug-likeness (QED) is 0.756. The molecule has 0 aromatic rings. The number of aliphatic hydroxyl groups is 1. The Hall–Kier alpha value is -0.960. The SMILES string of the molecule is CCC/C1=C\C(O)C(=O)CCCCC1=O. The van der Waals surface area contributed by atoms with Gasteiger partial charge in [-0.2, -0.15) is 0 Å². The van der Waals surface area contributed by atoms with Crippen molar-refractivity contribution in [1.82, 2.24) is 0 Å². The normalized spacial score (nSPS) is 27.6. The van der Waals surface area contributed by atoms with Crippen LogP contribution >= 0.6 is 0 Å². The molecule has 1 aliphatic rings. The molecular weight excluding hydrogens is 192 g/mol. The lowest BCUT2D eigenvalue weighted by atomic mass is 10.0. The third-order valence-corrected chi connectivity index (χ3v) is 2.64. The fourth-order valence-corrected chi connectivity index (χ4v) is 1.76. The molecular formula is C12H18O3. The molecule has 0 spiro atoms. The fraction of sp³-hybridized carbons (Fsp3) is 0.667. The van der Waals surface area contributed by atoms with E-state index in [1.807, 2.05) is 6.92 Å². The Bertz CT molecular complexity index is 279. The van der Waals surface area contributed by atoms with Crippen LogP contribution in [0.4, 0.5) is 0 Å². The number of carbonyl (C=O) groups is 2. The molecule has 0 saturated carbocycles. The highest BCUT2D eigenvalue weighted by Gasteiger charge is 2.18. The van der Waals surface area contributed by atoms with E-state index in [-0.39, 0.29) is 11.6 Å². The molecule has 1 aliphatic carbocycles. The molecule has 84 valence electrons. The standard InChI is InChI=1S/C12H18O3/c1-2-5-9-8-12(15)11(14)7-4-3-6-10(9)13/h8,12,15H,2-7H2,1H3/b9-8+. The number of hydrogen-bond donors (Lipinski definition) is 1. The third kappa shape index (κ3) is 3.59. The minimum absolute atomic E-state index is 0.0885. The van der Waals surface area contributed by atoms with Crippen LogP contribution in [-0.2, 0) is 9.59 Å². The molecule has 0 amide bonds. The largest absolute Gasteiger partial charge is 0.381 e. The topological polar surface area (TPSA) is 54.4 Å². The molecule has 3 nitrogen and oxygen atoms in total. The molecule has 0 aliphatic heterocycles. The van der Waals surface area contributed by atoms with Crippen LogP contribution in [0.15, 0.2) is 11.6 Å². The van der Waals surface area contributed by atoms with Gasteiger partial charge < -0.3 is 5.11 Å². The second kappa shape index (κ2) is 5.81. The monoisotopic (exact) mass is 210 g/mol. The van der Waals surface area contributed by atoms with Crippen molar-refractivity contribution in [2.75, 3.05) is 0 Å². The number of carbonyl (C=O) groups excluding carboxylic acids is 2. The fourth-order valence-electron chi connectivity index (χ4n) is 1.76. The summed E-state index contributed by atoms with van der Waals surface area (Å²) in [6, 6.07) is 0. The third-order valence-electron chi connectivity index (χ3n) is 2.64. The van der Waals surface area contributed by atoms with Gasteiger partial charge in [0.1, 0.15) is 6.10 Å². The zero-order valence-corrected chi connectivity index (χ0v) is 9.16. The second-order valence-corrected chi connectivity index (χ2v) is 3.98. The van der Waals surface area contributed by atoms with Gasteiger partial charge in [0.05, 0.1) is 0 Å². The molecule has 0 aromatic heterocycles. The van der Waals surface area contributed by atoms with Crippen LogP contribution in [0.2, 0.25) is 0 Å². The molecule has 0 heterocycles. The highest BCUT2D eigenvalue weighted by molar-refractivity contribution is 5.97. The van der Waals surface area contributed by atoms with Crippen molar-refractivity contribution in [1.29, 1.82) is 0 Å². The van der Waals surface area contributed by atoms with Crippen LogP contribution in [0.3, 0.4) is 0 Å². The second-order valence-electron chi connectivity index (χ2n) is 3.98. The Morgan fingerprint density at radius 3 is 2.67 bits per heavy atom. The van der Waals surface area contributed by atoms with Gasteiger partial charge in [0.25, 0.3) is 0 Å². The van der Waals surface area contributed by atoms with Crippen molar-refractivity contribution >= 4 is 11.6 Å². The zero-order chi connectivity index (χ0) is 11.3. The van der Waals surface area contributed by atoms with Crippen LogP contribution in [0.5, 0.6) is 0 Å². The number of hydrogen-bond acceptors (Lipinski definition) is 3. The average Bonchev–Trinajstić information content (AvgIpc) is 2.26. The van der Waals surface area contributed by atoms with Crippen LogP contribution < -0.4 is 0 Å². The lowest BCUT2D eigenvalue weighted by Gasteiger charge is -2.06. The van der Waals surface area contributed by atoms with E-state index in [2.05, 4.69) is 0 Å². The van der Waals surface area contributed by atoms with Crippen molar-refractivity contribution in [2.24, 2.45) is 0 Å². The molecule has 0 radical (unpaired) electrons. The average molecular weight is 210 g/mol. The molecule has 15 heavy (non-hydrogen) atoms. The molecule has 1 rings (SSSR count). The van der Waals surface area contributed by atoms with Crippen LogP contribution in [-0.4, -0.2) is 22.8 Å². The Balaban J connectivity index is 2.83. The van der Waals surface area contributed by atoms with E-state index in [0.29, 0.717) is 31.3 Å². The first-order valence-electron chi connectivity index (χ1n) is 5.59. The van der Waals surface area contributed by atoms with Crippen LogP contribution in [0, 0.1) is 0 Å². The molecule has 0 bridgehead atoms. The number of aliphatic hydroxyl groups excluding tert-OH is 1. The summed E-state index contributed by atoms with van der Waals surface area (Å²) in [6.07, 6.45) is 4.22. The first-order valence-corrected chi connectivity index (χ1v) is 5.59. The summed E-state index contributed by atoms with van der Waals surface area (Å²) in [5.74, 6) is -0.0797. The van der Waals surface area contributed by atoms with Gasteiger partial charge in [0.15, 0.2) is 11.6 Å². The van der Waals surface area contributed by atoms with Crippen molar-refractivity contribution in [2.45, 2.75) is 51.6 Å². The summed E-state index contributed by atoms with van der Waals surface area (Å²) in [5.41, 5.74) is 0.625. The minimum Gasteiger partial charge on any atom is -0.381 e. The van der Waals surface area contributed by atoms with E-state index in [0.717, 1.165) is 12.8 Å². The van der Waals surface area contributed by atoms with Gasteiger partial charge in [-0.3, -0.25) is 9.59 Å². The van der Waals surface area contributed by atoms with Crippen molar-refractivity contribution < 1.29 is 14.7 Å². The zero-order valence-electron chi connectivity index (χ0n) is 9.16. The first-order chi connectivity index (χ1) is 7.15. The molecule has 1 unspecified atom stereocenters. The highest BCUT2D eigenvalue weighted by Crippen LogP contribution is 2.16. The van der Waals surface area contributed by atoms with E-state index in [9.17, 15) is 14.7 Å². The summed E-state index contributed by atoms with van der Waals surface area (Å²) in [4.78, 5) is 23.0. The molecule has 0 fully saturated rings. The van der Waals surface area contributed by atoms with Gasteiger partial charge in [-0.05, 0) is 30.9 Å².